The number of halogens is 1. The number of methoxy groups -OCH3 is 1. The molecule has 1 fully saturated rings. The Morgan fingerprint density at radius 1 is 1.07 bits per heavy atom. The summed E-state index contributed by atoms with van der Waals surface area (Å²) in [4.78, 5) is 2.49. The predicted octanol–water partition coefficient (Wildman–Crippen LogP) is 4.34. The molecule has 2 heterocycles. The molecule has 0 bridgehead atoms. The number of aryl methyl sites for hydroxylation is 1. The third-order valence-electron chi connectivity index (χ3n) is 5.83. The van der Waals surface area contributed by atoms with Crippen LogP contribution in [0.25, 0.3) is 5.69 Å². The van der Waals surface area contributed by atoms with Crippen LogP contribution >= 0.6 is 11.6 Å². The van der Waals surface area contributed by atoms with E-state index in [1.807, 2.05) is 41.2 Å². The number of para-hydroxylation sites is 1. The van der Waals surface area contributed by atoms with Gasteiger partial charge in [0, 0.05) is 43.7 Å². The summed E-state index contributed by atoms with van der Waals surface area (Å²) in [6.07, 6.45) is 5.05. The number of nitrogens with zero attached hydrogens (tertiary/aromatic N) is 3. The number of nitrogens with one attached hydrogen (secondary N) is 1. The van der Waals surface area contributed by atoms with Crippen LogP contribution in [0.4, 0.5) is 5.69 Å². The lowest BCUT2D eigenvalue weighted by atomic mass is 9.88. The number of aromatic nitrogens is 2. The van der Waals surface area contributed by atoms with E-state index in [4.69, 9.17) is 21.4 Å². The molecule has 1 aromatic heterocycles. The van der Waals surface area contributed by atoms with Crippen molar-refractivity contribution in [3.63, 3.8) is 0 Å². The molecule has 0 spiro atoms. The van der Waals surface area contributed by atoms with Gasteiger partial charge in [0.2, 0.25) is 0 Å². The quantitative estimate of drug-likeness (QED) is 0.584. The average Bonchev–Trinajstić information content (AvgIpc) is 3.25. The molecule has 1 atom stereocenters. The first kappa shape index (κ1) is 20.9. The molecule has 1 aliphatic rings. The first-order valence-corrected chi connectivity index (χ1v) is 10.9. The molecule has 0 saturated carbocycles. The van der Waals surface area contributed by atoms with Crippen LogP contribution in [-0.4, -0.2) is 48.7 Å². The minimum Gasteiger partial charge on any atom is -0.382 e. The first-order chi connectivity index (χ1) is 14.7. The number of anilines is 1. The van der Waals surface area contributed by atoms with E-state index in [9.17, 15) is 0 Å². The molecule has 3 aromatic rings. The van der Waals surface area contributed by atoms with Crippen molar-refractivity contribution in [3.8, 4) is 5.69 Å². The van der Waals surface area contributed by atoms with Crippen LogP contribution in [0, 0.1) is 0 Å². The highest BCUT2D eigenvalue weighted by atomic mass is 35.5. The maximum atomic E-state index is 6.12. The van der Waals surface area contributed by atoms with Gasteiger partial charge in [0.05, 0.1) is 23.5 Å². The molecule has 5 nitrogen and oxygen atoms in total. The summed E-state index contributed by atoms with van der Waals surface area (Å²) in [5.74, 6) is 0. The fourth-order valence-electron chi connectivity index (χ4n) is 4.38. The normalized spacial score (nSPS) is 19.2. The highest BCUT2D eigenvalue weighted by Crippen LogP contribution is 2.31. The van der Waals surface area contributed by atoms with Crippen molar-refractivity contribution in [1.29, 1.82) is 0 Å². The Balaban J connectivity index is 1.46. The average molecular weight is 425 g/mol. The second-order valence-corrected chi connectivity index (χ2v) is 8.34. The van der Waals surface area contributed by atoms with Crippen molar-refractivity contribution in [2.24, 2.45) is 0 Å². The lowest BCUT2D eigenvalue weighted by Gasteiger charge is -2.49. The zero-order valence-electron chi connectivity index (χ0n) is 17.4. The fourth-order valence-corrected chi connectivity index (χ4v) is 4.51. The van der Waals surface area contributed by atoms with Gasteiger partial charge in [0.15, 0.2) is 0 Å². The Labute approximate surface area is 183 Å². The zero-order valence-corrected chi connectivity index (χ0v) is 18.2. The SMILES string of the molecule is COCC1(CCCc2ccn(-c3ccccc3)n2)CNCCN1c1ccc(Cl)cc1. The Kier molecular flexibility index (Phi) is 6.72. The largest absolute Gasteiger partial charge is 0.382 e. The van der Waals surface area contributed by atoms with Crippen LogP contribution in [0.5, 0.6) is 0 Å². The van der Waals surface area contributed by atoms with Crippen LogP contribution in [0.1, 0.15) is 18.5 Å². The van der Waals surface area contributed by atoms with Gasteiger partial charge in [-0.15, -0.1) is 0 Å². The third kappa shape index (κ3) is 4.69. The lowest BCUT2D eigenvalue weighted by molar-refractivity contribution is 0.110. The van der Waals surface area contributed by atoms with Gasteiger partial charge >= 0.3 is 0 Å². The molecule has 2 aromatic carbocycles. The van der Waals surface area contributed by atoms with Crippen molar-refractivity contribution in [2.75, 3.05) is 38.3 Å². The van der Waals surface area contributed by atoms with Gasteiger partial charge in [-0.1, -0.05) is 29.8 Å². The number of piperazine rings is 1. The minimum atomic E-state index is -0.0805. The van der Waals surface area contributed by atoms with Gasteiger partial charge in [-0.3, -0.25) is 0 Å². The maximum Gasteiger partial charge on any atom is 0.0759 e. The van der Waals surface area contributed by atoms with E-state index in [1.54, 1.807) is 7.11 Å². The van der Waals surface area contributed by atoms with E-state index in [-0.39, 0.29) is 5.54 Å². The number of rotatable bonds is 8. The molecule has 1 aliphatic heterocycles. The second-order valence-electron chi connectivity index (χ2n) is 7.90. The summed E-state index contributed by atoms with van der Waals surface area (Å²) in [5.41, 5.74) is 3.33. The Morgan fingerprint density at radius 2 is 1.87 bits per heavy atom. The molecule has 0 radical (unpaired) electrons. The summed E-state index contributed by atoms with van der Waals surface area (Å²) in [5, 5.41) is 9.10. The molecule has 30 heavy (non-hydrogen) atoms. The Bertz CT molecular complexity index is 924. The molecule has 1 N–H and O–H groups in total. The van der Waals surface area contributed by atoms with Gasteiger partial charge in [-0.05, 0) is 61.7 Å². The molecule has 158 valence electrons. The molecular weight excluding hydrogens is 396 g/mol. The van der Waals surface area contributed by atoms with Crippen LogP contribution < -0.4 is 10.2 Å². The molecule has 4 rings (SSSR count). The molecule has 6 heteroatoms. The highest BCUT2D eigenvalue weighted by Gasteiger charge is 2.38. The summed E-state index contributed by atoms with van der Waals surface area (Å²) in [6, 6.07) is 20.5. The van der Waals surface area contributed by atoms with E-state index in [2.05, 4.69) is 40.5 Å². The zero-order chi connectivity index (χ0) is 20.8. The van der Waals surface area contributed by atoms with Crippen LogP contribution in [0.2, 0.25) is 5.02 Å². The topological polar surface area (TPSA) is 42.3 Å². The van der Waals surface area contributed by atoms with Crippen molar-refractivity contribution in [1.82, 2.24) is 15.1 Å². The molecular formula is C24H29ClN4O. The minimum absolute atomic E-state index is 0.0805. The first-order valence-electron chi connectivity index (χ1n) is 10.5. The van der Waals surface area contributed by atoms with Gasteiger partial charge in [0.25, 0.3) is 0 Å². The smallest absolute Gasteiger partial charge is 0.0759 e. The number of hydrogen-bond acceptors (Lipinski definition) is 4. The van der Waals surface area contributed by atoms with Crippen molar-refractivity contribution in [2.45, 2.75) is 24.8 Å². The maximum absolute atomic E-state index is 6.12. The predicted molar refractivity (Wildman–Crippen MR) is 123 cm³/mol. The van der Waals surface area contributed by atoms with E-state index >= 15 is 0 Å². The second kappa shape index (κ2) is 9.65. The van der Waals surface area contributed by atoms with Crippen molar-refractivity contribution < 1.29 is 4.74 Å². The molecule has 0 amide bonds. The van der Waals surface area contributed by atoms with Crippen LogP contribution in [-0.2, 0) is 11.2 Å². The summed E-state index contributed by atoms with van der Waals surface area (Å²) in [6.45, 7) is 3.51. The van der Waals surface area contributed by atoms with Crippen LogP contribution in [0.3, 0.4) is 0 Å². The molecule has 1 saturated heterocycles. The summed E-state index contributed by atoms with van der Waals surface area (Å²) >= 11 is 6.12. The summed E-state index contributed by atoms with van der Waals surface area (Å²) < 4.78 is 7.64. The van der Waals surface area contributed by atoms with Gasteiger partial charge in [-0.25, -0.2) is 4.68 Å². The summed E-state index contributed by atoms with van der Waals surface area (Å²) in [7, 11) is 1.79. The van der Waals surface area contributed by atoms with E-state index in [0.29, 0.717) is 6.61 Å². The van der Waals surface area contributed by atoms with E-state index in [1.165, 1.54) is 5.69 Å². The standard InChI is InChI=1S/C24H29ClN4O/c1-30-19-24(18-26-15-17-28(24)22-11-9-20(25)10-12-22)14-5-6-21-13-16-29(27-21)23-7-3-2-4-8-23/h2-4,7-13,16,26H,5-6,14-15,17-19H2,1H3. The monoisotopic (exact) mass is 424 g/mol. The van der Waals surface area contributed by atoms with Crippen molar-refractivity contribution in [3.05, 3.63) is 77.6 Å². The van der Waals surface area contributed by atoms with E-state index < -0.39 is 0 Å². The molecule has 0 aliphatic carbocycles. The highest BCUT2D eigenvalue weighted by molar-refractivity contribution is 6.30. The Hall–Kier alpha value is -2.34. The number of ether oxygens (including phenoxy) is 1. The van der Waals surface area contributed by atoms with Crippen molar-refractivity contribution >= 4 is 17.3 Å². The van der Waals surface area contributed by atoms with Crippen LogP contribution in [0.15, 0.2) is 66.9 Å². The number of benzene rings is 2. The Morgan fingerprint density at radius 3 is 2.63 bits per heavy atom. The van der Waals surface area contributed by atoms with Gasteiger partial charge in [-0.2, -0.15) is 5.10 Å². The fraction of sp³-hybridized carbons (Fsp3) is 0.375. The molecule has 1 unspecified atom stereocenters. The third-order valence-corrected chi connectivity index (χ3v) is 6.08. The van der Waals surface area contributed by atoms with E-state index in [0.717, 1.165) is 55.3 Å². The number of hydrogen-bond donors (Lipinski definition) is 1. The lowest BCUT2D eigenvalue weighted by Crippen LogP contribution is -2.64. The van der Waals surface area contributed by atoms with Gasteiger partial charge in [0.1, 0.15) is 0 Å². The van der Waals surface area contributed by atoms with Gasteiger partial charge < -0.3 is 15.0 Å².